The Bertz CT molecular complexity index is 583. The predicted octanol–water partition coefficient (Wildman–Crippen LogP) is 5.33. The van der Waals surface area contributed by atoms with Gasteiger partial charge in [0.2, 0.25) is 0 Å². The Balaban J connectivity index is 2.22. The van der Waals surface area contributed by atoms with E-state index in [0.717, 1.165) is 22.3 Å². The van der Waals surface area contributed by atoms with E-state index in [0.29, 0.717) is 6.04 Å². The van der Waals surface area contributed by atoms with Gasteiger partial charge in [0, 0.05) is 10.2 Å². The zero-order valence-corrected chi connectivity index (χ0v) is 13.7. The van der Waals surface area contributed by atoms with Crippen LogP contribution >= 0.6 is 15.9 Å². The summed E-state index contributed by atoms with van der Waals surface area (Å²) in [5, 5.41) is 3.62. The van der Waals surface area contributed by atoms with Gasteiger partial charge in [0.05, 0.1) is 13.2 Å². The van der Waals surface area contributed by atoms with Crippen molar-refractivity contribution >= 4 is 21.6 Å². The molecule has 0 saturated heterocycles. The maximum atomic E-state index is 5.25. The van der Waals surface area contributed by atoms with Gasteiger partial charge in [-0.25, -0.2) is 0 Å². The molecule has 1 N–H and O–H groups in total. The molecular weight excluding hydrogens is 314 g/mol. The first-order valence-electron chi connectivity index (χ1n) is 6.80. The minimum absolute atomic E-state index is 0.305. The molecule has 0 spiro atoms. The minimum atomic E-state index is 0.305. The standard InChI is InChI=1S/C17H20BrNO/c1-4-16(13-6-5-7-14(18)11-13)19-17-9-8-15(20-3)10-12(17)2/h5-11,16,19H,4H2,1-3H3. The average molecular weight is 334 g/mol. The van der Waals surface area contributed by atoms with E-state index in [1.807, 2.05) is 6.07 Å². The molecule has 3 heteroatoms. The van der Waals surface area contributed by atoms with Gasteiger partial charge in [-0.3, -0.25) is 0 Å². The van der Waals surface area contributed by atoms with E-state index >= 15 is 0 Å². The van der Waals surface area contributed by atoms with Gasteiger partial charge < -0.3 is 10.1 Å². The molecule has 2 nitrogen and oxygen atoms in total. The van der Waals surface area contributed by atoms with Crippen LogP contribution in [0.2, 0.25) is 0 Å². The zero-order chi connectivity index (χ0) is 14.5. The quantitative estimate of drug-likeness (QED) is 0.798. The number of anilines is 1. The zero-order valence-electron chi connectivity index (χ0n) is 12.1. The fraction of sp³-hybridized carbons (Fsp3) is 0.294. The van der Waals surface area contributed by atoms with Crippen LogP contribution in [0.25, 0.3) is 0 Å². The van der Waals surface area contributed by atoms with Crippen LogP contribution in [0.4, 0.5) is 5.69 Å². The van der Waals surface area contributed by atoms with E-state index in [-0.39, 0.29) is 0 Å². The summed E-state index contributed by atoms with van der Waals surface area (Å²) >= 11 is 3.53. The van der Waals surface area contributed by atoms with Crippen LogP contribution in [-0.4, -0.2) is 7.11 Å². The molecular formula is C17H20BrNO. The normalized spacial score (nSPS) is 12.0. The van der Waals surface area contributed by atoms with Crippen LogP contribution in [0.5, 0.6) is 5.75 Å². The fourth-order valence-electron chi connectivity index (χ4n) is 2.26. The summed E-state index contributed by atoms with van der Waals surface area (Å²) in [5.41, 5.74) is 3.63. The minimum Gasteiger partial charge on any atom is -0.497 e. The van der Waals surface area contributed by atoms with Crippen molar-refractivity contribution in [3.63, 3.8) is 0 Å². The highest BCUT2D eigenvalue weighted by Crippen LogP contribution is 2.28. The second-order valence-electron chi connectivity index (χ2n) is 4.84. The van der Waals surface area contributed by atoms with Crippen LogP contribution in [0.1, 0.15) is 30.5 Å². The van der Waals surface area contributed by atoms with Crippen molar-refractivity contribution in [2.45, 2.75) is 26.3 Å². The van der Waals surface area contributed by atoms with Gasteiger partial charge in [0.1, 0.15) is 5.75 Å². The van der Waals surface area contributed by atoms with Crippen molar-refractivity contribution in [3.8, 4) is 5.75 Å². The summed E-state index contributed by atoms with van der Waals surface area (Å²) in [6, 6.07) is 14.9. The van der Waals surface area contributed by atoms with Gasteiger partial charge in [-0.1, -0.05) is 35.0 Å². The van der Waals surface area contributed by atoms with Crippen molar-refractivity contribution in [1.29, 1.82) is 0 Å². The first kappa shape index (κ1) is 14.9. The van der Waals surface area contributed by atoms with Gasteiger partial charge in [-0.15, -0.1) is 0 Å². The summed E-state index contributed by atoms with van der Waals surface area (Å²) < 4.78 is 6.36. The third-order valence-corrected chi connectivity index (χ3v) is 3.92. The van der Waals surface area contributed by atoms with Crippen molar-refractivity contribution in [1.82, 2.24) is 0 Å². The van der Waals surface area contributed by atoms with Gasteiger partial charge in [0.15, 0.2) is 0 Å². The van der Waals surface area contributed by atoms with E-state index in [1.165, 1.54) is 11.1 Å². The number of benzene rings is 2. The summed E-state index contributed by atoms with van der Waals surface area (Å²) in [6.07, 6.45) is 1.03. The summed E-state index contributed by atoms with van der Waals surface area (Å²) in [5.74, 6) is 0.892. The second kappa shape index (κ2) is 6.80. The Labute approximate surface area is 129 Å². The summed E-state index contributed by atoms with van der Waals surface area (Å²) in [4.78, 5) is 0. The van der Waals surface area contributed by atoms with Crippen LogP contribution in [0.3, 0.4) is 0 Å². The lowest BCUT2D eigenvalue weighted by atomic mass is 10.0. The summed E-state index contributed by atoms with van der Waals surface area (Å²) in [6.45, 7) is 4.29. The lowest BCUT2D eigenvalue weighted by Crippen LogP contribution is -2.10. The Morgan fingerprint density at radius 3 is 2.60 bits per heavy atom. The molecule has 0 aliphatic carbocycles. The van der Waals surface area contributed by atoms with Crippen molar-refractivity contribution in [2.24, 2.45) is 0 Å². The number of methoxy groups -OCH3 is 1. The molecule has 106 valence electrons. The maximum Gasteiger partial charge on any atom is 0.119 e. The smallest absolute Gasteiger partial charge is 0.119 e. The molecule has 0 aliphatic rings. The number of nitrogens with one attached hydrogen (secondary N) is 1. The molecule has 1 atom stereocenters. The molecule has 0 amide bonds. The van der Waals surface area contributed by atoms with Crippen LogP contribution in [-0.2, 0) is 0 Å². The van der Waals surface area contributed by atoms with E-state index in [1.54, 1.807) is 7.11 Å². The lowest BCUT2D eigenvalue weighted by molar-refractivity contribution is 0.414. The Hall–Kier alpha value is -1.48. The number of halogens is 1. The molecule has 0 bridgehead atoms. The third-order valence-electron chi connectivity index (χ3n) is 3.42. The highest BCUT2D eigenvalue weighted by atomic mass is 79.9. The highest BCUT2D eigenvalue weighted by molar-refractivity contribution is 9.10. The molecule has 2 aromatic carbocycles. The molecule has 0 saturated carbocycles. The van der Waals surface area contributed by atoms with Crippen LogP contribution in [0.15, 0.2) is 46.9 Å². The SMILES string of the molecule is CCC(Nc1ccc(OC)cc1C)c1cccc(Br)c1. The summed E-state index contributed by atoms with van der Waals surface area (Å²) in [7, 11) is 1.69. The molecule has 0 fully saturated rings. The lowest BCUT2D eigenvalue weighted by Gasteiger charge is -2.21. The molecule has 0 aromatic heterocycles. The van der Waals surface area contributed by atoms with Crippen LogP contribution < -0.4 is 10.1 Å². The Kier molecular flexibility index (Phi) is 5.07. The fourth-order valence-corrected chi connectivity index (χ4v) is 2.67. The molecule has 0 heterocycles. The van der Waals surface area contributed by atoms with Crippen molar-refractivity contribution < 1.29 is 4.74 Å². The number of ether oxygens (including phenoxy) is 1. The van der Waals surface area contributed by atoms with E-state index in [9.17, 15) is 0 Å². The maximum absolute atomic E-state index is 5.25. The van der Waals surface area contributed by atoms with E-state index in [2.05, 4.69) is 71.5 Å². The number of aryl methyl sites for hydroxylation is 1. The van der Waals surface area contributed by atoms with Gasteiger partial charge in [-0.05, 0) is 54.8 Å². The third kappa shape index (κ3) is 3.54. The van der Waals surface area contributed by atoms with E-state index in [4.69, 9.17) is 4.74 Å². The monoisotopic (exact) mass is 333 g/mol. The number of hydrogen-bond acceptors (Lipinski definition) is 2. The predicted molar refractivity (Wildman–Crippen MR) is 88.5 cm³/mol. The van der Waals surface area contributed by atoms with Gasteiger partial charge in [0.25, 0.3) is 0 Å². The van der Waals surface area contributed by atoms with E-state index < -0.39 is 0 Å². The highest BCUT2D eigenvalue weighted by Gasteiger charge is 2.11. The van der Waals surface area contributed by atoms with Crippen LogP contribution in [0, 0.1) is 6.92 Å². The molecule has 0 aliphatic heterocycles. The Morgan fingerprint density at radius 2 is 2.00 bits per heavy atom. The van der Waals surface area contributed by atoms with Gasteiger partial charge >= 0.3 is 0 Å². The first-order chi connectivity index (χ1) is 9.63. The molecule has 2 rings (SSSR count). The first-order valence-corrected chi connectivity index (χ1v) is 7.60. The largest absolute Gasteiger partial charge is 0.497 e. The van der Waals surface area contributed by atoms with Crippen molar-refractivity contribution in [3.05, 3.63) is 58.1 Å². The number of rotatable bonds is 5. The molecule has 0 radical (unpaired) electrons. The average Bonchev–Trinajstić information content (AvgIpc) is 2.46. The van der Waals surface area contributed by atoms with Gasteiger partial charge in [-0.2, -0.15) is 0 Å². The molecule has 2 aromatic rings. The van der Waals surface area contributed by atoms with Crippen molar-refractivity contribution in [2.75, 3.05) is 12.4 Å². The Morgan fingerprint density at radius 1 is 1.20 bits per heavy atom. The molecule has 1 unspecified atom stereocenters. The second-order valence-corrected chi connectivity index (χ2v) is 5.76. The molecule has 20 heavy (non-hydrogen) atoms. The number of hydrogen-bond donors (Lipinski definition) is 1. The topological polar surface area (TPSA) is 21.3 Å².